The Morgan fingerprint density at radius 2 is 1.88 bits per heavy atom. The highest BCUT2D eigenvalue weighted by molar-refractivity contribution is 5.70. The Morgan fingerprint density at radius 3 is 2.35 bits per heavy atom. The van der Waals surface area contributed by atoms with E-state index in [1.807, 2.05) is 25.7 Å². The molecule has 1 aliphatic heterocycles. The van der Waals surface area contributed by atoms with Crippen LogP contribution in [-0.4, -0.2) is 35.2 Å². The van der Waals surface area contributed by atoms with Gasteiger partial charge in [-0.1, -0.05) is 12.8 Å². The van der Waals surface area contributed by atoms with Gasteiger partial charge in [-0.3, -0.25) is 0 Å². The van der Waals surface area contributed by atoms with E-state index >= 15 is 0 Å². The first-order valence-electron chi connectivity index (χ1n) is 6.64. The molecule has 2 N–H and O–H groups in total. The van der Waals surface area contributed by atoms with Crippen molar-refractivity contribution in [3.63, 3.8) is 0 Å². The molecule has 1 saturated carbocycles. The summed E-state index contributed by atoms with van der Waals surface area (Å²) in [5, 5.41) is 0. The number of amides is 1. The molecule has 0 aromatic rings. The first kappa shape index (κ1) is 12.7. The molecule has 0 radical (unpaired) electrons. The van der Waals surface area contributed by atoms with Crippen LogP contribution >= 0.6 is 0 Å². The molecule has 2 aliphatic rings. The van der Waals surface area contributed by atoms with Gasteiger partial charge in [-0.15, -0.1) is 0 Å². The van der Waals surface area contributed by atoms with Crippen molar-refractivity contribution < 1.29 is 9.53 Å². The molecule has 4 heteroatoms. The Morgan fingerprint density at radius 1 is 1.29 bits per heavy atom. The summed E-state index contributed by atoms with van der Waals surface area (Å²) in [6.07, 6.45) is 4.76. The van der Waals surface area contributed by atoms with Crippen LogP contribution in [0.5, 0.6) is 0 Å². The molecule has 2 rings (SSSR count). The summed E-state index contributed by atoms with van der Waals surface area (Å²) in [6.45, 7) is 6.34. The average molecular weight is 240 g/mol. The lowest BCUT2D eigenvalue weighted by Crippen LogP contribution is -2.68. The molecule has 0 aromatic carbocycles. The number of nitrogens with two attached hydrogens (primary N) is 1. The third kappa shape index (κ3) is 2.73. The molecule has 17 heavy (non-hydrogen) atoms. The van der Waals surface area contributed by atoms with E-state index in [0.717, 1.165) is 0 Å². The van der Waals surface area contributed by atoms with Gasteiger partial charge in [0.25, 0.3) is 0 Å². The molecule has 0 aromatic heterocycles. The van der Waals surface area contributed by atoms with Crippen LogP contribution in [0.25, 0.3) is 0 Å². The van der Waals surface area contributed by atoms with Gasteiger partial charge in [0.05, 0.1) is 6.04 Å². The van der Waals surface area contributed by atoms with Crippen molar-refractivity contribution in [2.24, 2.45) is 11.7 Å². The van der Waals surface area contributed by atoms with Crippen molar-refractivity contribution in [1.82, 2.24) is 4.90 Å². The summed E-state index contributed by atoms with van der Waals surface area (Å²) >= 11 is 0. The first-order chi connectivity index (χ1) is 7.88. The fourth-order valence-electron chi connectivity index (χ4n) is 2.97. The Bertz CT molecular complexity index is 292. The number of carbonyl (C=O) groups is 1. The molecule has 2 unspecified atom stereocenters. The molecule has 4 nitrogen and oxygen atoms in total. The zero-order chi connectivity index (χ0) is 12.6. The van der Waals surface area contributed by atoms with Crippen LogP contribution < -0.4 is 5.73 Å². The van der Waals surface area contributed by atoms with E-state index in [-0.39, 0.29) is 18.2 Å². The Kier molecular flexibility index (Phi) is 3.34. The number of ether oxygens (including phenoxy) is 1. The van der Waals surface area contributed by atoms with Crippen LogP contribution in [0.2, 0.25) is 0 Å². The van der Waals surface area contributed by atoms with Crippen molar-refractivity contribution in [1.29, 1.82) is 0 Å². The van der Waals surface area contributed by atoms with Gasteiger partial charge in [0.2, 0.25) is 0 Å². The van der Waals surface area contributed by atoms with Crippen LogP contribution in [0.1, 0.15) is 46.5 Å². The zero-order valence-corrected chi connectivity index (χ0v) is 11.1. The highest BCUT2D eigenvalue weighted by atomic mass is 16.6. The quantitative estimate of drug-likeness (QED) is 0.764. The SMILES string of the molecule is CC(C)(C)OC(=O)N1CC(N)C1C1CCCC1. The fraction of sp³-hybridized carbons (Fsp3) is 0.923. The minimum atomic E-state index is -0.420. The largest absolute Gasteiger partial charge is 0.444 e. The van der Waals surface area contributed by atoms with Gasteiger partial charge in [-0.25, -0.2) is 4.79 Å². The molecule has 1 amide bonds. The van der Waals surface area contributed by atoms with Crippen molar-refractivity contribution >= 4 is 6.09 Å². The molecule has 2 fully saturated rings. The van der Waals surface area contributed by atoms with Crippen LogP contribution in [0, 0.1) is 5.92 Å². The molecule has 0 spiro atoms. The summed E-state index contributed by atoms with van der Waals surface area (Å²) in [5.41, 5.74) is 5.63. The molecular weight excluding hydrogens is 216 g/mol. The smallest absolute Gasteiger partial charge is 0.410 e. The predicted molar refractivity (Wildman–Crippen MR) is 66.7 cm³/mol. The maximum Gasteiger partial charge on any atom is 0.410 e. The van der Waals surface area contributed by atoms with Gasteiger partial charge in [0.1, 0.15) is 5.60 Å². The molecule has 98 valence electrons. The Balaban J connectivity index is 1.94. The van der Waals surface area contributed by atoms with E-state index in [0.29, 0.717) is 12.5 Å². The minimum Gasteiger partial charge on any atom is -0.444 e. The monoisotopic (exact) mass is 240 g/mol. The second-order valence-electron chi connectivity index (χ2n) is 6.33. The summed E-state index contributed by atoms with van der Waals surface area (Å²) in [7, 11) is 0. The van der Waals surface area contributed by atoms with Crippen molar-refractivity contribution in [2.45, 2.75) is 64.1 Å². The predicted octanol–water partition coefficient (Wildman–Crippen LogP) is 2.12. The van der Waals surface area contributed by atoms with Crippen molar-refractivity contribution in [3.8, 4) is 0 Å². The summed E-state index contributed by atoms with van der Waals surface area (Å²) in [5.74, 6) is 0.589. The van der Waals surface area contributed by atoms with E-state index in [9.17, 15) is 4.79 Å². The minimum absolute atomic E-state index is 0.144. The van der Waals surface area contributed by atoms with Crippen molar-refractivity contribution in [3.05, 3.63) is 0 Å². The Hall–Kier alpha value is -0.770. The lowest BCUT2D eigenvalue weighted by Gasteiger charge is -2.49. The second kappa shape index (κ2) is 4.48. The summed E-state index contributed by atoms with van der Waals surface area (Å²) in [4.78, 5) is 13.8. The number of hydrogen-bond donors (Lipinski definition) is 1. The van der Waals surface area contributed by atoms with E-state index in [2.05, 4.69) is 0 Å². The molecule has 1 saturated heterocycles. The lowest BCUT2D eigenvalue weighted by molar-refractivity contribution is -0.0265. The van der Waals surface area contributed by atoms with Gasteiger partial charge in [0, 0.05) is 12.6 Å². The van der Waals surface area contributed by atoms with E-state index in [4.69, 9.17) is 10.5 Å². The normalized spacial score (nSPS) is 30.2. The fourth-order valence-corrected chi connectivity index (χ4v) is 2.97. The zero-order valence-electron chi connectivity index (χ0n) is 11.1. The number of nitrogens with zero attached hydrogens (tertiary/aromatic N) is 1. The maximum atomic E-state index is 12.0. The Labute approximate surface area is 103 Å². The standard InChI is InChI=1S/C13H24N2O2/c1-13(2,3)17-12(16)15-8-10(14)11(15)9-6-4-5-7-9/h9-11H,4-8,14H2,1-3H3. The average Bonchev–Trinajstić information content (AvgIpc) is 2.63. The molecule has 2 atom stereocenters. The summed E-state index contributed by atoms with van der Waals surface area (Å²) < 4.78 is 5.41. The van der Waals surface area contributed by atoms with Crippen molar-refractivity contribution in [2.75, 3.05) is 6.54 Å². The third-order valence-corrected chi connectivity index (χ3v) is 3.72. The van der Waals surface area contributed by atoms with Crippen LogP contribution in [0.4, 0.5) is 4.79 Å². The first-order valence-corrected chi connectivity index (χ1v) is 6.64. The number of carbonyl (C=O) groups excluding carboxylic acids is 1. The molecular formula is C13H24N2O2. The molecule has 1 aliphatic carbocycles. The maximum absolute atomic E-state index is 12.0. The van der Waals surface area contributed by atoms with Crippen LogP contribution in [-0.2, 0) is 4.74 Å². The second-order valence-corrected chi connectivity index (χ2v) is 6.33. The van der Waals surface area contributed by atoms with E-state index in [1.54, 1.807) is 0 Å². The van der Waals surface area contributed by atoms with Gasteiger partial charge < -0.3 is 15.4 Å². The highest BCUT2D eigenvalue weighted by Gasteiger charge is 2.46. The van der Waals surface area contributed by atoms with E-state index in [1.165, 1.54) is 25.7 Å². The number of hydrogen-bond acceptors (Lipinski definition) is 3. The number of rotatable bonds is 1. The molecule has 1 heterocycles. The topological polar surface area (TPSA) is 55.6 Å². The van der Waals surface area contributed by atoms with E-state index < -0.39 is 5.60 Å². The summed E-state index contributed by atoms with van der Waals surface area (Å²) in [6, 6.07) is 0.359. The van der Waals surface area contributed by atoms with Gasteiger partial charge in [-0.2, -0.15) is 0 Å². The lowest BCUT2D eigenvalue weighted by atomic mass is 9.84. The van der Waals surface area contributed by atoms with Gasteiger partial charge in [-0.05, 0) is 39.5 Å². The highest BCUT2D eigenvalue weighted by Crippen LogP contribution is 2.36. The molecule has 0 bridgehead atoms. The number of likely N-dealkylation sites (tertiary alicyclic amines) is 1. The third-order valence-electron chi connectivity index (χ3n) is 3.72. The van der Waals surface area contributed by atoms with Gasteiger partial charge >= 0.3 is 6.09 Å². The van der Waals surface area contributed by atoms with Crippen LogP contribution in [0.3, 0.4) is 0 Å². The van der Waals surface area contributed by atoms with Crippen LogP contribution in [0.15, 0.2) is 0 Å². The van der Waals surface area contributed by atoms with Gasteiger partial charge in [0.15, 0.2) is 0 Å².